The number of nitrogens with two attached hydrogens (primary N) is 1. The Balaban J connectivity index is 0.00000123. The van der Waals surface area contributed by atoms with Crippen molar-refractivity contribution in [1.29, 1.82) is 0 Å². The fraction of sp³-hybridized carbons (Fsp3) is 0.385. The summed E-state index contributed by atoms with van der Waals surface area (Å²) in [6.07, 6.45) is 8.20. The van der Waals surface area contributed by atoms with Crippen molar-refractivity contribution in [3.05, 3.63) is 105 Å². The molecule has 5 rings (SSSR count). The molecule has 10 heteroatoms. The van der Waals surface area contributed by atoms with Crippen LogP contribution < -0.4 is 21.1 Å². The van der Waals surface area contributed by atoms with Gasteiger partial charge in [-0.15, -0.1) is 0 Å². The summed E-state index contributed by atoms with van der Waals surface area (Å²) in [5.41, 5.74) is 11.9. The number of carbonyl (C=O) groups excluding carboxylic acids is 1. The second-order valence-corrected chi connectivity index (χ2v) is 13.4. The number of rotatable bonds is 11. The number of carbonyl (C=O) groups is 1. The summed E-state index contributed by atoms with van der Waals surface area (Å²) in [6, 6.07) is 14.4. The molecule has 49 heavy (non-hydrogen) atoms. The highest BCUT2D eigenvalue weighted by Gasteiger charge is 2.24. The zero-order valence-corrected chi connectivity index (χ0v) is 31.6. The molecule has 1 aliphatic carbocycles. The summed E-state index contributed by atoms with van der Waals surface area (Å²) in [4.78, 5) is 22.3. The Kier molecular flexibility index (Phi) is 15.7. The van der Waals surface area contributed by atoms with Gasteiger partial charge in [-0.1, -0.05) is 59.6 Å². The second kappa shape index (κ2) is 19.4. The number of ether oxygens (including phenoxy) is 1. The molecular weight excluding hydrogens is 656 g/mol. The first kappa shape index (κ1) is 39.6. The molecule has 4 N–H and O–H groups in total. The van der Waals surface area contributed by atoms with Gasteiger partial charge in [-0.05, 0) is 105 Å². The normalized spacial score (nSPS) is 13.6. The summed E-state index contributed by atoms with van der Waals surface area (Å²) in [5.74, 6) is -0.209. The van der Waals surface area contributed by atoms with Gasteiger partial charge in [0, 0.05) is 53.1 Å². The summed E-state index contributed by atoms with van der Waals surface area (Å²) in [7, 11) is 6.21. The van der Waals surface area contributed by atoms with E-state index in [0.717, 1.165) is 49.2 Å². The van der Waals surface area contributed by atoms with Crippen LogP contribution in [0.25, 0.3) is 10.9 Å². The van der Waals surface area contributed by atoms with E-state index in [1.54, 1.807) is 42.9 Å². The maximum Gasteiger partial charge on any atom is 0.251 e. The smallest absolute Gasteiger partial charge is 0.251 e. The molecule has 1 saturated carbocycles. The average molecular weight is 706 g/mol. The van der Waals surface area contributed by atoms with Crippen LogP contribution in [0.3, 0.4) is 0 Å². The SMILES string of the molecule is CC.CCC(C)c1cc(C(CNC(=O)c2cc(C=NC3CC3)c(N)c(OC)c2)c2cccc(F)c2)pc(-c2ccncc2Cl)c1C.CNC. The van der Waals surface area contributed by atoms with Crippen molar-refractivity contribution in [3.8, 4) is 16.6 Å². The number of hydrogen-bond acceptors (Lipinski definition) is 6. The second-order valence-electron chi connectivity index (χ2n) is 11.8. The van der Waals surface area contributed by atoms with Crippen molar-refractivity contribution < 1.29 is 13.9 Å². The third-order valence-electron chi connectivity index (χ3n) is 8.21. The summed E-state index contributed by atoms with van der Waals surface area (Å²) in [5, 5.41) is 8.57. The highest BCUT2D eigenvalue weighted by Crippen LogP contribution is 2.45. The summed E-state index contributed by atoms with van der Waals surface area (Å²) < 4.78 is 20.1. The van der Waals surface area contributed by atoms with Gasteiger partial charge >= 0.3 is 0 Å². The van der Waals surface area contributed by atoms with Crippen molar-refractivity contribution in [2.45, 2.75) is 71.8 Å². The third-order valence-corrected chi connectivity index (χ3v) is 10.0. The average Bonchev–Trinajstić information content (AvgIpc) is 3.94. The van der Waals surface area contributed by atoms with E-state index in [1.165, 1.54) is 24.3 Å². The van der Waals surface area contributed by atoms with Crippen molar-refractivity contribution >= 4 is 37.6 Å². The standard InChI is InChI=1S/C35H37ClFN4O2P.C2H7N.C2H6/c1-5-20(2)28-16-32(44-34(21(28)3)27-11-12-39-19-30(27)36)29(22-7-6-8-25(37)14-22)18-41-35(42)23-13-24(17-40-26-9-10-26)33(38)31(15-23)43-4;1-3-2;1-2/h6-8,11-17,19-20,26,29H,5,9-10,18,38H2,1-4H3,(H,41,42);3H,1-2H3;1-2H3. The first-order chi connectivity index (χ1) is 23.6. The lowest BCUT2D eigenvalue weighted by Gasteiger charge is -2.24. The van der Waals surface area contributed by atoms with E-state index in [2.05, 4.69) is 47.4 Å². The van der Waals surface area contributed by atoms with Gasteiger partial charge in [-0.3, -0.25) is 14.8 Å². The molecule has 4 aromatic rings. The van der Waals surface area contributed by atoms with E-state index in [-0.39, 0.29) is 30.1 Å². The van der Waals surface area contributed by atoms with E-state index < -0.39 is 0 Å². The molecule has 2 heterocycles. The first-order valence-electron chi connectivity index (χ1n) is 16.9. The minimum Gasteiger partial charge on any atom is -0.495 e. The van der Waals surface area contributed by atoms with Crippen LogP contribution in [0.4, 0.5) is 10.1 Å². The maximum absolute atomic E-state index is 14.6. The quantitative estimate of drug-likeness (QED) is 0.107. The van der Waals surface area contributed by atoms with Crippen molar-refractivity contribution in [1.82, 2.24) is 15.6 Å². The van der Waals surface area contributed by atoms with Gasteiger partial charge in [0.2, 0.25) is 0 Å². The van der Waals surface area contributed by atoms with Crippen molar-refractivity contribution in [2.24, 2.45) is 4.99 Å². The molecular formula is C39H50ClFN5O2P. The zero-order valence-electron chi connectivity index (χ0n) is 29.9. The van der Waals surface area contributed by atoms with E-state index in [0.29, 0.717) is 33.6 Å². The lowest BCUT2D eigenvalue weighted by molar-refractivity contribution is 0.0952. The van der Waals surface area contributed by atoms with E-state index in [4.69, 9.17) is 22.1 Å². The summed E-state index contributed by atoms with van der Waals surface area (Å²) in [6.45, 7) is 10.8. The number of halogens is 2. The highest BCUT2D eigenvalue weighted by molar-refractivity contribution is 7.35. The molecule has 2 atom stereocenters. The fourth-order valence-electron chi connectivity index (χ4n) is 5.27. The molecule has 2 aromatic carbocycles. The Bertz CT molecular complexity index is 1730. The number of benzene rings is 2. The number of pyridine rings is 1. The molecule has 262 valence electrons. The number of nitrogens with one attached hydrogen (secondary N) is 2. The van der Waals surface area contributed by atoms with Crippen LogP contribution in [0.1, 0.15) is 96.7 Å². The lowest BCUT2D eigenvalue weighted by Crippen LogP contribution is -2.29. The van der Waals surface area contributed by atoms with Crippen LogP contribution in [0.5, 0.6) is 5.75 Å². The number of nitrogen functional groups attached to an aromatic ring is 1. The van der Waals surface area contributed by atoms with Crippen molar-refractivity contribution in [3.63, 3.8) is 0 Å². The molecule has 0 spiro atoms. The number of methoxy groups -OCH3 is 1. The number of anilines is 1. The number of aliphatic imine (C=N–C) groups is 1. The lowest BCUT2D eigenvalue weighted by atomic mass is 9.90. The molecule has 2 aromatic heterocycles. The van der Waals surface area contributed by atoms with Crippen LogP contribution in [-0.2, 0) is 0 Å². The van der Waals surface area contributed by atoms with Crippen LogP contribution >= 0.6 is 19.8 Å². The molecule has 2 unspecified atom stereocenters. The molecule has 0 aliphatic heterocycles. The van der Waals surface area contributed by atoms with Crippen LogP contribution in [0.15, 0.2) is 65.9 Å². The van der Waals surface area contributed by atoms with Gasteiger partial charge in [-0.2, -0.15) is 0 Å². The number of aromatic nitrogens is 1. The number of amides is 1. The fourth-order valence-corrected chi connectivity index (χ4v) is 7.02. The molecule has 0 bridgehead atoms. The zero-order chi connectivity index (χ0) is 36.1. The Morgan fingerprint density at radius 2 is 1.92 bits per heavy atom. The molecule has 7 nitrogen and oxygen atoms in total. The molecule has 1 fully saturated rings. The van der Waals surface area contributed by atoms with Crippen LogP contribution in [0, 0.1) is 12.7 Å². The number of nitrogens with zero attached hydrogens (tertiary/aromatic N) is 2. The van der Waals surface area contributed by atoms with Gasteiger partial charge in [0.1, 0.15) is 11.6 Å². The predicted molar refractivity (Wildman–Crippen MR) is 206 cm³/mol. The molecule has 0 radical (unpaired) electrons. The minimum absolute atomic E-state index is 0.253. The maximum atomic E-state index is 14.6. The third kappa shape index (κ3) is 10.6. The molecule has 0 saturated heterocycles. The van der Waals surface area contributed by atoms with Gasteiger partial charge < -0.3 is 21.1 Å². The Labute approximate surface area is 298 Å². The van der Waals surface area contributed by atoms with Gasteiger partial charge in [0.05, 0.1) is 23.9 Å². The highest BCUT2D eigenvalue weighted by atomic mass is 35.5. The Morgan fingerprint density at radius 3 is 2.53 bits per heavy atom. The minimum atomic E-state index is -0.329. The van der Waals surface area contributed by atoms with Crippen molar-refractivity contribution in [2.75, 3.05) is 33.5 Å². The van der Waals surface area contributed by atoms with Gasteiger partial charge in [0.25, 0.3) is 5.91 Å². The molecule has 1 aliphatic rings. The van der Waals surface area contributed by atoms with E-state index in [1.807, 2.05) is 40.1 Å². The van der Waals surface area contributed by atoms with Crippen LogP contribution in [-0.4, -0.2) is 50.9 Å². The first-order valence-corrected chi connectivity index (χ1v) is 18.1. The summed E-state index contributed by atoms with van der Waals surface area (Å²) >= 11 is 6.65. The van der Waals surface area contributed by atoms with Gasteiger partial charge in [-0.25, -0.2) is 4.39 Å². The van der Waals surface area contributed by atoms with E-state index >= 15 is 0 Å². The predicted octanol–water partition coefficient (Wildman–Crippen LogP) is 9.54. The largest absolute Gasteiger partial charge is 0.495 e. The number of hydrogen-bond donors (Lipinski definition) is 3. The Morgan fingerprint density at radius 1 is 1.20 bits per heavy atom. The Hall–Kier alpha value is -3.84. The van der Waals surface area contributed by atoms with E-state index in [9.17, 15) is 9.18 Å². The molecule has 1 amide bonds. The van der Waals surface area contributed by atoms with Gasteiger partial charge in [0.15, 0.2) is 0 Å². The monoisotopic (exact) mass is 705 g/mol. The van der Waals surface area contributed by atoms with Crippen LogP contribution in [0.2, 0.25) is 5.02 Å². The topological polar surface area (TPSA) is 102 Å².